The molecule has 1 unspecified atom stereocenters. The maximum Gasteiger partial charge on any atom is 0.320 e. The fourth-order valence-electron chi connectivity index (χ4n) is 4.47. The summed E-state index contributed by atoms with van der Waals surface area (Å²) in [5.74, 6) is -0.117. The van der Waals surface area contributed by atoms with Gasteiger partial charge in [-0.2, -0.15) is 0 Å². The summed E-state index contributed by atoms with van der Waals surface area (Å²) in [6, 6.07) is 8.21. The van der Waals surface area contributed by atoms with Gasteiger partial charge in [-0.05, 0) is 57.5 Å². The Morgan fingerprint density at radius 3 is 2.65 bits per heavy atom. The molecule has 1 fully saturated rings. The molecule has 2 N–H and O–H groups in total. The number of hydrogen-bond donors (Lipinski definition) is 2. The first-order valence-corrected chi connectivity index (χ1v) is 12.9. The Morgan fingerprint density at radius 2 is 1.97 bits per heavy atom. The van der Waals surface area contributed by atoms with E-state index in [-0.39, 0.29) is 5.82 Å². The number of likely N-dealkylation sites (tertiary alicyclic amines) is 1. The number of aliphatic carboxylic acids is 1. The Bertz CT molecular complexity index is 1200. The fourth-order valence-corrected chi connectivity index (χ4v) is 4.47. The molecule has 0 bridgehead atoms. The molecule has 4 rings (SSSR count). The van der Waals surface area contributed by atoms with Gasteiger partial charge >= 0.3 is 5.97 Å². The van der Waals surface area contributed by atoms with Gasteiger partial charge in [-0.15, -0.1) is 0 Å². The van der Waals surface area contributed by atoms with Gasteiger partial charge in [-0.25, -0.2) is 14.4 Å². The molecule has 1 aliphatic heterocycles. The van der Waals surface area contributed by atoms with E-state index in [1.807, 2.05) is 30.9 Å². The van der Waals surface area contributed by atoms with E-state index in [2.05, 4.69) is 20.2 Å². The number of halogens is 1. The topological polar surface area (TPSA) is 90.8 Å². The van der Waals surface area contributed by atoms with Gasteiger partial charge in [0.15, 0.2) is 0 Å². The molecule has 200 valence electrons. The summed E-state index contributed by atoms with van der Waals surface area (Å²) in [5.41, 5.74) is 2.32. The summed E-state index contributed by atoms with van der Waals surface area (Å²) in [6.07, 6.45) is 3.79. The highest BCUT2D eigenvalue weighted by Gasteiger charge is 2.24. The maximum absolute atomic E-state index is 14.6. The Morgan fingerprint density at radius 1 is 1.24 bits per heavy atom. The zero-order valence-corrected chi connectivity index (χ0v) is 22.4. The van der Waals surface area contributed by atoms with E-state index in [1.165, 1.54) is 19.2 Å². The standard InChI is InChI=1S/C26H32FN5O3.C2H6/c1-17-7-6-8-21(24(17)27)30-25-20-13-19(23(35-3)14-22(20)28-16-29-25)15-32(18(2)26(33)34)12-11-31-9-4-5-10-31;1-2/h6-8,13-14,16,18H,4-5,9-12,15H2,1-3H3,(H,33,34)(H,28,29,30);1-2H3. The molecule has 0 amide bonds. The van der Waals surface area contributed by atoms with Crippen molar-refractivity contribution in [2.45, 2.75) is 53.1 Å². The van der Waals surface area contributed by atoms with Crippen molar-refractivity contribution in [1.82, 2.24) is 19.8 Å². The molecular weight excluding hydrogens is 473 g/mol. The largest absolute Gasteiger partial charge is 0.496 e. The SMILES string of the molecule is CC.COc1cc2ncnc(Nc3cccc(C)c3F)c2cc1CN(CCN1CCCC1)C(C)C(=O)O. The van der Waals surface area contributed by atoms with E-state index in [0.29, 0.717) is 46.8 Å². The van der Waals surface area contributed by atoms with Gasteiger partial charge < -0.3 is 20.1 Å². The van der Waals surface area contributed by atoms with Crippen molar-refractivity contribution in [3.63, 3.8) is 0 Å². The molecular formula is C28H38FN5O3. The molecule has 0 radical (unpaired) electrons. The van der Waals surface area contributed by atoms with Crippen molar-refractivity contribution < 1.29 is 19.0 Å². The van der Waals surface area contributed by atoms with E-state index < -0.39 is 12.0 Å². The summed E-state index contributed by atoms with van der Waals surface area (Å²) in [5, 5.41) is 13.5. The van der Waals surface area contributed by atoms with Gasteiger partial charge in [-0.3, -0.25) is 9.69 Å². The van der Waals surface area contributed by atoms with E-state index in [1.54, 1.807) is 39.2 Å². The van der Waals surface area contributed by atoms with Gasteiger partial charge in [0.1, 0.15) is 29.8 Å². The lowest BCUT2D eigenvalue weighted by atomic mass is 10.1. The third-order valence-corrected chi connectivity index (χ3v) is 6.66. The number of benzene rings is 2. The minimum atomic E-state index is -0.869. The minimum Gasteiger partial charge on any atom is -0.496 e. The lowest BCUT2D eigenvalue weighted by Crippen LogP contribution is -2.42. The van der Waals surface area contributed by atoms with Crippen LogP contribution in [0.3, 0.4) is 0 Å². The number of aromatic nitrogens is 2. The van der Waals surface area contributed by atoms with Gasteiger partial charge in [0.2, 0.25) is 0 Å². The highest BCUT2D eigenvalue weighted by Crippen LogP contribution is 2.31. The second-order valence-corrected chi connectivity index (χ2v) is 9.00. The van der Waals surface area contributed by atoms with Crippen LogP contribution in [-0.2, 0) is 11.3 Å². The van der Waals surface area contributed by atoms with E-state index >= 15 is 0 Å². The Balaban J connectivity index is 0.00000186. The van der Waals surface area contributed by atoms with Crippen molar-refractivity contribution in [2.75, 3.05) is 38.6 Å². The summed E-state index contributed by atoms with van der Waals surface area (Å²) in [6.45, 7) is 11.3. The molecule has 1 aliphatic rings. The number of nitrogens with one attached hydrogen (secondary N) is 1. The zero-order valence-electron chi connectivity index (χ0n) is 22.4. The number of aryl methyl sites for hydroxylation is 1. The lowest BCUT2D eigenvalue weighted by Gasteiger charge is -2.29. The number of fused-ring (bicyclic) bond motifs is 1. The van der Waals surface area contributed by atoms with E-state index in [9.17, 15) is 14.3 Å². The lowest BCUT2D eigenvalue weighted by molar-refractivity contribution is -0.142. The molecule has 2 aromatic carbocycles. The van der Waals surface area contributed by atoms with E-state index in [0.717, 1.165) is 25.2 Å². The number of hydrogen-bond acceptors (Lipinski definition) is 7. The van der Waals surface area contributed by atoms with Crippen molar-refractivity contribution in [3.05, 3.63) is 53.6 Å². The highest BCUT2D eigenvalue weighted by molar-refractivity contribution is 5.92. The molecule has 0 saturated carbocycles. The summed E-state index contributed by atoms with van der Waals surface area (Å²) < 4.78 is 20.3. The zero-order chi connectivity index (χ0) is 26.9. The van der Waals surface area contributed by atoms with Gasteiger partial charge in [0.05, 0.1) is 18.3 Å². The van der Waals surface area contributed by atoms with Crippen molar-refractivity contribution in [2.24, 2.45) is 0 Å². The number of methoxy groups -OCH3 is 1. The van der Waals surface area contributed by atoms with Crippen LogP contribution in [0.1, 0.15) is 44.7 Å². The maximum atomic E-state index is 14.6. The molecule has 1 saturated heterocycles. The smallest absolute Gasteiger partial charge is 0.320 e. The van der Waals surface area contributed by atoms with Crippen LogP contribution in [0.4, 0.5) is 15.9 Å². The summed E-state index contributed by atoms with van der Waals surface area (Å²) in [4.78, 5) is 24.9. The molecule has 1 atom stereocenters. The molecule has 0 spiro atoms. The normalized spacial score (nSPS) is 14.4. The highest BCUT2D eigenvalue weighted by atomic mass is 19.1. The van der Waals surface area contributed by atoms with Crippen LogP contribution in [0.25, 0.3) is 10.9 Å². The van der Waals surface area contributed by atoms with Crippen LogP contribution in [-0.4, -0.2) is 70.2 Å². The van der Waals surface area contributed by atoms with Crippen LogP contribution in [0.5, 0.6) is 5.75 Å². The number of rotatable bonds is 10. The summed E-state index contributed by atoms with van der Waals surface area (Å²) >= 11 is 0. The number of carbonyl (C=O) groups is 1. The molecule has 8 nitrogen and oxygen atoms in total. The van der Waals surface area contributed by atoms with Crippen LogP contribution in [0.15, 0.2) is 36.7 Å². The predicted molar refractivity (Wildman–Crippen MR) is 145 cm³/mol. The van der Waals surface area contributed by atoms with Crippen molar-refractivity contribution >= 4 is 28.4 Å². The van der Waals surface area contributed by atoms with Crippen molar-refractivity contribution in [1.29, 1.82) is 0 Å². The third kappa shape index (κ3) is 6.93. The van der Waals surface area contributed by atoms with Crippen molar-refractivity contribution in [3.8, 4) is 5.75 Å². The fraction of sp³-hybridized carbons (Fsp3) is 0.464. The van der Waals surface area contributed by atoms with Gasteiger partial charge in [-0.1, -0.05) is 26.0 Å². The number of ether oxygens (including phenoxy) is 1. The Labute approximate surface area is 218 Å². The Hall–Kier alpha value is -3.30. The van der Waals surface area contributed by atoms with Crippen LogP contribution in [0.2, 0.25) is 0 Å². The molecule has 1 aromatic heterocycles. The van der Waals surface area contributed by atoms with Crippen LogP contribution < -0.4 is 10.1 Å². The number of nitrogens with zero attached hydrogens (tertiary/aromatic N) is 4. The quantitative estimate of drug-likeness (QED) is 0.383. The monoisotopic (exact) mass is 511 g/mol. The number of carboxylic acid groups (broad SMARTS) is 1. The minimum absolute atomic E-state index is 0.328. The average Bonchev–Trinajstić information content (AvgIpc) is 3.43. The molecule has 9 heteroatoms. The number of carboxylic acids is 1. The average molecular weight is 512 g/mol. The van der Waals surface area contributed by atoms with Gasteiger partial charge in [0, 0.05) is 36.7 Å². The van der Waals surface area contributed by atoms with E-state index in [4.69, 9.17) is 4.74 Å². The molecule has 0 aliphatic carbocycles. The Kier molecular flexibility index (Phi) is 10.2. The second kappa shape index (κ2) is 13.3. The van der Waals surface area contributed by atoms with Crippen LogP contribution in [0, 0.1) is 12.7 Å². The van der Waals surface area contributed by atoms with Crippen LogP contribution >= 0.6 is 0 Å². The predicted octanol–water partition coefficient (Wildman–Crippen LogP) is 5.23. The molecule has 3 aromatic rings. The first-order valence-electron chi connectivity index (χ1n) is 12.9. The summed E-state index contributed by atoms with van der Waals surface area (Å²) in [7, 11) is 1.59. The third-order valence-electron chi connectivity index (χ3n) is 6.66. The number of anilines is 2. The first kappa shape index (κ1) is 28.3. The second-order valence-electron chi connectivity index (χ2n) is 9.00. The van der Waals surface area contributed by atoms with Gasteiger partial charge in [0.25, 0.3) is 0 Å². The molecule has 37 heavy (non-hydrogen) atoms. The molecule has 2 heterocycles. The first-order chi connectivity index (χ1) is 17.9.